The first-order valence-electron chi connectivity index (χ1n) is 10.8. The molecule has 180 valence electrons. The fraction of sp³-hybridized carbons (Fsp3) is 0.417. The molecular weight excluding hydrogens is 442 g/mol. The first-order chi connectivity index (χ1) is 15.7. The first-order valence-corrected chi connectivity index (χ1v) is 12.7. The molecule has 0 saturated heterocycles. The number of ether oxygens (including phenoxy) is 1. The lowest BCUT2D eigenvalue weighted by atomic mass is 10.0. The van der Waals surface area contributed by atoms with Crippen LogP contribution in [-0.4, -0.2) is 69.0 Å². The second kappa shape index (κ2) is 12.4. The topological polar surface area (TPSA) is 96.0 Å². The average Bonchev–Trinajstić information content (AvgIpc) is 2.80. The Labute approximate surface area is 196 Å². The molecule has 1 unspecified atom stereocenters. The lowest BCUT2D eigenvalue weighted by Crippen LogP contribution is -2.53. The molecule has 9 heteroatoms. The second-order valence-corrected chi connectivity index (χ2v) is 9.97. The monoisotopic (exact) mass is 475 g/mol. The zero-order chi connectivity index (χ0) is 24.4. The predicted molar refractivity (Wildman–Crippen MR) is 128 cm³/mol. The van der Waals surface area contributed by atoms with E-state index < -0.39 is 22.0 Å². The number of hydrogen-bond acceptors (Lipinski definition) is 5. The number of nitrogens with one attached hydrogen (secondary N) is 1. The molecule has 2 amide bonds. The molecule has 0 aromatic heterocycles. The highest BCUT2D eigenvalue weighted by atomic mass is 32.2. The van der Waals surface area contributed by atoms with Crippen molar-refractivity contribution in [2.75, 3.05) is 33.5 Å². The minimum Gasteiger partial charge on any atom is -0.497 e. The summed E-state index contributed by atoms with van der Waals surface area (Å²) >= 11 is 0. The van der Waals surface area contributed by atoms with Gasteiger partial charge < -0.3 is 15.0 Å². The summed E-state index contributed by atoms with van der Waals surface area (Å²) in [7, 11) is -0.645. The fourth-order valence-electron chi connectivity index (χ4n) is 3.25. The number of amides is 2. The van der Waals surface area contributed by atoms with Gasteiger partial charge in [0.25, 0.3) is 0 Å². The molecule has 0 aliphatic heterocycles. The van der Waals surface area contributed by atoms with Crippen LogP contribution in [0.3, 0.4) is 0 Å². The minimum atomic E-state index is -3.56. The Bertz CT molecular complexity index is 1010. The number of carbonyl (C=O) groups is 2. The van der Waals surface area contributed by atoms with Crippen molar-refractivity contribution in [2.24, 2.45) is 0 Å². The van der Waals surface area contributed by atoms with Gasteiger partial charge in [-0.1, -0.05) is 49.4 Å². The van der Waals surface area contributed by atoms with Crippen molar-refractivity contribution in [1.82, 2.24) is 14.5 Å². The molecule has 33 heavy (non-hydrogen) atoms. The van der Waals surface area contributed by atoms with E-state index in [9.17, 15) is 18.0 Å². The maximum absolute atomic E-state index is 13.4. The van der Waals surface area contributed by atoms with Gasteiger partial charge in [0.2, 0.25) is 21.8 Å². The maximum atomic E-state index is 13.4. The Morgan fingerprint density at radius 2 is 1.67 bits per heavy atom. The van der Waals surface area contributed by atoms with Gasteiger partial charge in [-0.3, -0.25) is 9.59 Å². The molecule has 1 atom stereocenters. The lowest BCUT2D eigenvalue weighted by Gasteiger charge is -2.32. The molecule has 0 fully saturated rings. The van der Waals surface area contributed by atoms with Crippen molar-refractivity contribution in [3.8, 4) is 5.75 Å². The predicted octanol–water partition coefficient (Wildman–Crippen LogP) is 2.05. The highest BCUT2D eigenvalue weighted by Crippen LogP contribution is 2.18. The Morgan fingerprint density at radius 1 is 1.03 bits per heavy atom. The summed E-state index contributed by atoms with van der Waals surface area (Å²) in [6, 6.07) is 15.8. The zero-order valence-electron chi connectivity index (χ0n) is 19.7. The van der Waals surface area contributed by atoms with Gasteiger partial charge in [-0.15, -0.1) is 0 Å². The molecule has 0 saturated carbocycles. The van der Waals surface area contributed by atoms with Gasteiger partial charge in [0.1, 0.15) is 11.8 Å². The highest BCUT2D eigenvalue weighted by molar-refractivity contribution is 7.88. The van der Waals surface area contributed by atoms with E-state index in [2.05, 4.69) is 5.32 Å². The van der Waals surface area contributed by atoms with Crippen molar-refractivity contribution in [2.45, 2.75) is 32.4 Å². The highest BCUT2D eigenvalue weighted by Gasteiger charge is 2.31. The van der Waals surface area contributed by atoms with Crippen molar-refractivity contribution < 1.29 is 22.7 Å². The van der Waals surface area contributed by atoms with Crippen LogP contribution in [0.5, 0.6) is 5.75 Å². The first kappa shape index (κ1) is 26.3. The summed E-state index contributed by atoms with van der Waals surface area (Å²) in [5, 5.41) is 2.89. The maximum Gasteiger partial charge on any atom is 0.243 e. The molecule has 8 nitrogen and oxygen atoms in total. The van der Waals surface area contributed by atoms with E-state index in [-0.39, 0.29) is 19.0 Å². The van der Waals surface area contributed by atoms with Gasteiger partial charge >= 0.3 is 0 Å². The number of rotatable bonds is 12. The SMILES string of the molecule is CCCNC(=O)C(Cc1ccccc1)N(Cc1ccc(OC)cc1)C(=O)CN(C)S(C)(=O)=O. The second-order valence-electron chi connectivity index (χ2n) is 7.89. The van der Waals surface area contributed by atoms with Crippen molar-refractivity contribution in [3.63, 3.8) is 0 Å². The third-order valence-electron chi connectivity index (χ3n) is 5.26. The van der Waals surface area contributed by atoms with E-state index in [4.69, 9.17) is 4.74 Å². The van der Waals surface area contributed by atoms with E-state index in [0.717, 1.165) is 28.1 Å². The number of methoxy groups -OCH3 is 1. The van der Waals surface area contributed by atoms with Crippen LogP contribution in [0.25, 0.3) is 0 Å². The van der Waals surface area contributed by atoms with E-state index >= 15 is 0 Å². The molecule has 0 aliphatic rings. The number of likely N-dealkylation sites (N-methyl/N-ethyl adjacent to an activating group) is 1. The molecular formula is C24H33N3O5S. The van der Waals surface area contributed by atoms with E-state index in [1.54, 1.807) is 19.2 Å². The quantitative estimate of drug-likeness (QED) is 0.507. The van der Waals surface area contributed by atoms with Crippen LogP contribution in [0.2, 0.25) is 0 Å². The standard InChI is InChI=1S/C24H33N3O5S/c1-5-15-25-24(29)22(16-19-9-7-6-8-10-19)27(23(28)18-26(2)33(4,30)31)17-20-11-13-21(32-3)14-12-20/h6-14,22H,5,15-18H2,1-4H3,(H,25,29). The number of hydrogen-bond donors (Lipinski definition) is 1. The van der Waals surface area contributed by atoms with Crippen LogP contribution in [0, 0.1) is 0 Å². The van der Waals surface area contributed by atoms with E-state index in [1.165, 1.54) is 11.9 Å². The number of benzene rings is 2. The van der Waals surface area contributed by atoms with Crippen LogP contribution in [-0.2, 0) is 32.6 Å². The molecule has 0 aliphatic carbocycles. The summed E-state index contributed by atoms with van der Waals surface area (Å²) in [5.41, 5.74) is 1.70. The molecule has 2 aromatic carbocycles. The van der Waals surface area contributed by atoms with E-state index in [0.29, 0.717) is 18.7 Å². The normalized spacial score (nSPS) is 12.3. The number of nitrogens with zero attached hydrogens (tertiary/aromatic N) is 2. The van der Waals surface area contributed by atoms with Gasteiger partial charge in [-0.2, -0.15) is 4.31 Å². The van der Waals surface area contributed by atoms with Crippen LogP contribution in [0.15, 0.2) is 54.6 Å². The Morgan fingerprint density at radius 3 is 2.21 bits per heavy atom. The van der Waals surface area contributed by atoms with Crippen LogP contribution >= 0.6 is 0 Å². The molecule has 0 heterocycles. The minimum absolute atomic E-state index is 0.150. The molecule has 0 spiro atoms. The van der Waals surface area contributed by atoms with Gasteiger partial charge in [-0.05, 0) is 29.7 Å². The van der Waals surface area contributed by atoms with Gasteiger partial charge in [0.05, 0.1) is 19.9 Å². The number of sulfonamides is 1. The largest absolute Gasteiger partial charge is 0.497 e. The Hall–Kier alpha value is -2.91. The third kappa shape index (κ3) is 8.18. The van der Waals surface area contributed by atoms with E-state index in [1.807, 2.05) is 49.4 Å². The van der Waals surface area contributed by atoms with Gasteiger partial charge in [0, 0.05) is 26.6 Å². The van der Waals surface area contributed by atoms with Crippen molar-refractivity contribution in [3.05, 3.63) is 65.7 Å². The van der Waals surface area contributed by atoms with Gasteiger partial charge in [0.15, 0.2) is 0 Å². The summed E-state index contributed by atoms with van der Waals surface area (Å²) < 4.78 is 30.0. The Kier molecular flexibility index (Phi) is 9.87. The fourth-order valence-corrected chi connectivity index (χ4v) is 3.59. The Balaban J connectivity index is 2.42. The number of carbonyl (C=O) groups excluding carboxylic acids is 2. The van der Waals surface area contributed by atoms with Gasteiger partial charge in [-0.25, -0.2) is 8.42 Å². The molecule has 0 radical (unpaired) electrons. The summed E-state index contributed by atoms with van der Waals surface area (Å²) in [4.78, 5) is 28.0. The molecule has 2 aromatic rings. The third-order valence-corrected chi connectivity index (χ3v) is 6.52. The smallest absolute Gasteiger partial charge is 0.243 e. The van der Waals surface area contributed by atoms with Crippen LogP contribution in [0.4, 0.5) is 0 Å². The average molecular weight is 476 g/mol. The van der Waals surface area contributed by atoms with Crippen molar-refractivity contribution in [1.29, 1.82) is 0 Å². The molecule has 0 bridgehead atoms. The zero-order valence-corrected chi connectivity index (χ0v) is 20.5. The van der Waals surface area contributed by atoms with Crippen LogP contribution < -0.4 is 10.1 Å². The molecule has 1 N–H and O–H groups in total. The summed E-state index contributed by atoms with van der Waals surface area (Å²) in [6.07, 6.45) is 2.11. The summed E-state index contributed by atoms with van der Waals surface area (Å²) in [5.74, 6) is -0.0501. The molecule has 2 rings (SSSR count). The van der Waals surface area contributed by atoms with Crippen molar-refractivity contribution >= 4 is 21.8 Å². The summed E-state index contributed by atoms with van der Waals surface area (Å²) in [6.45, 7) is 2.23. The van der Waals surface area contributed by atoms with Crippen LogP contribution in [0.1, 0.15) is 24.5 Å². The lowest BCUT2D eigenvalue weighted by molar-refractivity contribution is -0.141.